The Kier molecular flexibility index (Phi) is 8.75. The normalized spacial score (nSPS) is 11.8. The number of rotatable bonds is 7. The standard InChI is InChI=1S/C22H25BO2.C3H8/c1-5-6-10-20-21-14-17-9-7-8-11-18(17)19(21)12-13-22(20)23(24-4)25-15-16(2)3;1-3-2/h5-13,16H,1,14-15H2,2-4H3;3H2,1-2H3/b10-6-;. The molecule has 0 amide bonds. The van der Waals surface area contributed by atoms with Crippen LogP contribution in [0.3, 0.4) is 0 Å². The topological polar surface area (TPSA) is 18.5 Å². The summed E-state index contributed by atoms with van der Waals surface area (Å²) in [6, 6.07) is 13.0. The minimum Gasteiger partial charge on any atom is -0.410 e. The number of hydrogen-bond acceptors (Lipinski definition) is 2. The number of allylic oxidation sites excluding steroid dienone is 2. The maximum Gasteiger partial charge on any atom is 0.494 e. The van der Waals surface area contributed by atoms with Crippen LogP contribution < -0.4 is 5.46 Å². The van der Waals surface area contributed by atoms with Gasteiger partial charge in [0.25, 0.3) is 0 Å². The summed E-state index contributed by atoms with van der Waals surface area (Å²) in [5.74, 6) is 0.462. The SMILES string of the molecule is C=C/C=C\c1c(B(OC)OCC(C)C)ccc2c1Cc1ccccc1-2.CCC. The molecule has 148 valence electrons. The Morgan fingerprint density at radius 1 is 1.11 bits per heavy atom. The van der Waals surface area contributed by atoms with Gasteiger partial charge in [-0.2, -0.15) is 0 Å². The van der Waals surface area contributed by atoms with E-state index in [0.717, 1.165) is 11.9 Å². The highest BCUT2D eigenvalue weighted by atomic mass is 16.6. The van der Waals surface area contributed by atoms with Crippen molar-refractivity contribution in [3.8, 4) is 11.1 Å². The van der Waals surface area contributed by atoms with Crippen molar-refractivity contribution in [1.29, 1.82) is 0 Å². The van der Waals surface area contributed by atoms with E-state index < -0.39 is 0 Å². The second-order valence-corrected chi connectivity index (χ2v) is 7.53. The van der Waals surface area contributed by atoms with Gasteiger partial charge in [0, 0.05) is 13.7 Å². The van der Waals surface area contributed by atoms with Crippen LogP contribution in [-0.2, 0) is 15.7 Å². The van der Waals surface area contributed by atoms with Crippen molar-refractivity contribution < 1.29 is 9.31 Å². The Labute approximate surface area is 171 Å². The van der Waals surface area contributed by atoms with Crippen LogP contribution in [-0.4, -0.2) is 20.8 Å². The molecular formula is C25H33BO2. The summed E-state index contributed by atoms with van der Waals surface area (Å²) in [7, 11) is 1.34. The molecule has 0 spiro atoms. The summed E-state index contributed by atoms with van der Waals surface area (Å²) in [4.78, 5) is 0. The first-order valence-corrected chi connectivity index (χ1v) is 10.2. The lowest BCUT2D eigenvalue weighted by atomic mass is 9.73. The van der Waals surface area contributed by atoms with Gasteiger partial charge >= 0.3 is 7.12 Å². The third-order valence-electron chi connectivity index (χ3n) is 4.51. The molecular weight excluding hydrogens is 343 g/mol. The van der Waals surface area contributed by atoms with Gasteiger partial charge in [0.1, 0.15) is 0 Å². The number of hydrogen-bond donors (Lipinski definition) is 0. The Bertz CT molecular complexity index is 808. The zero-order chi connectivity index (χ0) is 20.5. The van der Waals surface area contributed by atoms with Crippen LogP contribution in [0.15, 0.2) is 55.1 Å². The van der Waals surface area contributed by atoms with Gasteiger partial charge in [-0.25, -0.2) is 0 Å². The van der Waals surface area contributed by atoms with Crippen LogP contribution in [0.5, 0.6) is 0 Å². The Balaban J connectivity index is 0.000000878. The monoisotopic (exact) mass is 376 g/mol. The van der Waals surface area contributed by atoms with Gasteiger partial charge in [0.15, 0.2) is 0 Å². The molecule has 0 radical (unpaired) electrons. The predicted molar refractivity (Wildman–Crippen MR) is 123 cm³/mol. The van der Waals surface area contributed by atoms with E-state index in [4.69, 9.17) is 9.31 Å². The van der Waals surface area contributed by atoms with Crippen molar-refractivity contribution in [3.05, 3.63) is 71.8 Å². The molecule has 2 aromatic carbocycles. The predicted octanol–water partition coefficient (Wildman–Crippen LogP) is 5.89. The van der Waals surface area contributed by atoms with E-state index in [2.05, 4.69) is 76.7 Å². The summed E-state index contributed by atoms with van der Waals surface area (Å²) < 4.78 is 11.7. The quantitative estimate of drug-likeness (QED) is 0.378. The molecule has 0 aromatic heterocycles. The Hall–Kier alpha value is -2.10. The van der Waals surface area contributed by atoms with Crippen LogP contribution in [0, 0.1) is 5.92 Å². The van der Waals surface area contributed by atoms with Crippen molar-refractivity contribution in [2.75, 3.05) is 13.7 Å². The minimum atomic E-state index is -0.360. The second-order valence-electron chi connectivity index (χ2n) is 7.53. The van der Waals surface area contributed by atoms with Crippen LogP contribution in [0.2, 0.25) is 0 Å². The zero-order valence-corrected chi connectivity index (χ0v) is 18.0. The molecule has 0 aliphatic heterocycles. The smallest absolute Gasteiger partial charge is 0.410 e. The molecule has 1 aliphatic rings. The molecule has 0 N–H and O–H groups in total. The molecule has 3 rings (SSSR count). The van der Waals surface area contributed by atoms with E-state index in [-0.39, 0.29) is 7.12 Å². The van der Waals surface area contributed by atoms with E-state index >= 15 is 0 Å². The lowest BCUT2D eigenvalue weighted by Gasteiger charge is -2.18. The van der Waals surface area contributed by atoms with Crippen LogP contribution in [0.1, 0.15) is 50.8 Å². The molecule has 0 bridgehead atoms. The molecule has 0 saturated carbocycles. The van der Waals surface area contributed by atoms with Gasteiger partial charge in [-0.1, -0.05) is 95.3 Å². The summed E-state index contributed by atoms with van der Waals surface area (Å²) in [5.41, 5.74) is 7.61. The molecule has 1 aliphatic carbocycles. The molecule has 2 nitrogen and oxygen atoms in total. The van der Waals surface area contributed by atoms with Gasteiger partial charge < -0.3 is 9.31 Å². The summed E-state index contributed by atoms with van der Waals surface area (Å²) in [6.07, 6.45) is 8.11. The van der Waals surface area contributed by atoms with E-state index in [0.29, 0.717) is 12.5 Å². The fourth-order valence-corrected chi connectivity index (χ4v) is 3.38. The fraction of sp³-hybridized carbons (Fsp3) is 0.360. The molecule has 2 aromatic rings. The Morgan fingerprint density at radius 2 is 1.82 bits per heavy atom. The van der Waals surface area contributed by atoms with Crippen molar-refractivity contribution in [1.82, 2.24) is 0 Å². The summed E-state index contributed by atoms with van der Waals surface area (Å²) >= 11 is 0. The zero-order valence-electron chi connectivity index (χ0n) is 18.0. The highest BCUT2D eigenvalue weighted by molar-refractivity contribution is 6.62. The number of benzene rings is 2. The van der Waals surface area contributed by atoms with E-state index in [9.17, 15) is 0 Å². The summed E-state index contributed by atoms with van der Waals surface area (Å²) in [5, 5.41) is 0. The van der Waals surface area contributed by atoms with Crippen molar-refractivity contribution in [2.24, 2.45) is 5.92 Å². The van der Waals surface area contributed by atoms with Crippen molar-refractivity contribution in [3.63, 3.8) is 0 Å². The maximum absolute atomic E-state index is 6.01. The molecule has 0 fully saturated rings. The first kappa shape index (κ1) is 22.2. The first-order valence-electron chi connectivity index (χ1n) is 10.2. The first-order chi connectivity index (χ1) is 13.6. The van der Waals surface area contributed by atoms with E-state index in [1.807, 2.05) is 12.2 Å². The molecule has 0 atom stereocenters. The van der Waals surface area contributed by atoms with E-state index in [1.54, 1.807) is 7.11 Å². The highest BCUT2D eigenvalue weighted by Gasteiger charge is 2.28. The van der Waals surface area contributed by atoms with Gasteiger partial charge in [0.05, 0.1) is 0 Å². The van der Waals surface area contributed by atoms with Crippen LogP contribution >= 0.6 is 0 Å². The number of fused-ring (bicyclic) bond motifs is 3. The van der Waals surface area contributed by atoms with Gasteiger partial charge in [-0.3, -0.25) is 0 Å². The fourth-order valence-electron chi connectivity index (χ4n) is 3.38. The maximum atomic E-state index is 6.01. The summed E-state index contributed by atoms with van der Waals surface area (Å²) in [6.45, 7) is 13.0. The van der Waals surface area contributed by atoms with Crippen molar-refractivity contribution >= 4 is 18.7 Å². The Morgan fingerprint density at radius 3 is 2.46 bits per heavy atom. The third-order valence-corrected chi connectivity index (χ3v) is 4.51. The minimum absolute atomic E-state index is 0.360. The largest absolute Gasteiger partial charge is 0.494 e. The lowest BCUT2D eigenvalue weighted by Crippen LogP contribution is -2.39. The second kappa shape index (κ2) is 11.0. The van der Waals surface area contributed by atoms with Crippen LogP contribution in [0.25, 0.3) is 17.2 Å². The van der Waals surface area contributed by atoms with Crippen LogP contribution in [0.4, 0.5) is 0 Å². The third kappa shape index (κ3) is 5.24. The molecule has 0 unspecified atom stereocenters. The average Bonchev–Trinajstić information content (AvgIpc) is 3.06. The van der Waals surface area contributed by atoms with Gasteiger partial charge in [-0.05, 0) is 45.6 Å². The molecule has 0 heterocycles. The molecule has 28 heavy (non-hydrogen) atoms. The van der Waals surface area contributed by atoms with Gasteiger partial charge in [0.2, 0.25) is 0 Å². The van der Waals surface area contributed by atoms with E-state index in [1.165, 1.54) is 34.2 Å². The molecule has 3 heteroatoms. The average molecular weight is 376 g/mol. The highest BCUT2D eigenvalue weighted by Crippen LogP contribution is 2.38. The van der Waals surface area contributed by atoms with Gasteiger partial charge in [-0.15, -0.1) is 0 Å². The van der Waals surface area contributed by atoms with Crippen molar-refractivity contribution in [2.45, 2.75) is 40.5 Å². The molecule has 0 saturated heterocycles. The lowest BCUT2D eigenvalue weighted by molar-refractivity contribution is 0.213.